The van der Waals surface area contributed by atoms with E-state index in [-0.39, 0.29) is 41.0 Å². The molecule has 27 heavy (non-hydrogen) atoms. The number of anilines is 1. The average Bonchev–Trinajstić information content (AvgIpc) is 2.91. The minimum absolute atomic E-state index is 0.106. The SMILES string of the molecule is COC(=O)C1=C(Nc2c(Br)cc(C#N)cc2C(F)(F)F)C(=O)N(CCO)C1. The van der Waals surface area contributed by atoms with Crippen LogP contribution in [0, 0.1) is 11.3 Å². The number of rotatable bonds is 5. The van der Waals surface area contributed by atoms with Gasteiger partial charge in [-0.05, 0) is 28.1 Å². The van der Waals surface area contributed by atoms with Gasteiger partial charge in [-0.25, -0.2) is 4.79 Å². The number of carbonyl (C=O) groups excluding carboxylic acids is 2. The fraction of sp³-hybridized carbons (Fsp3) is 0.312. The summed E-state index contributed by atoms with van der Waals surface area (Å²) < 4.78 is 44.8. The number of β-amino-alcohol motifs (C(OH)–C–C–N with tert-alkyl or cyclic N) is 1. The van der Waals surface area contributed by atoms with Gasteiger partial charge in [0.05, 0.1) is 48.7 Å². The standard InChI is InChI=1S/C16H13BrF3N3O4/c1-27-15(26)9-7-23(2-3-24)14(25)12(9)22-13-10(16(18,19)20)4-8(6-21)5-11(13)17/h4-5,22,24H,2-3,7H2,1H3. The third kappa shape index (κ3) is 4.23. The number of halogens is 4. The lowest BCUT2D eigenvalue weighted by Gasteiger charge is -2.18. The number of nitriles is 1. The molecular formula is C16H13BrF3N3O4. The predicted octanol–water partition coefficient (Wildman–Crippen LogP) is 2.01. The van der Waals surface area contributed by atoms with E-state index < -0.39 is 29.3 Å². The Morgan fingerprint density at radius 2 is 2.15 bits per heavy atom. The minimum atomic E-state index is -4.82. The van der Waals surface area contributed by atoms with Crippen LogP contribution in [0.1, 0.15) is 11.1 Å². The molecule has 0 unspecified atom stereocenters. The molecule has 7 nitrogen and oxygen atoms in total. The maximum atomic E-state index is 13.4. The number of hydrogen-bond donors (Lipinski definition) is 2. The van der Waals surface area contributed by atoms with Crippen LogP contribution < -0.4 is 5.32 Å². The van der Waals surface area contributed by atoms with E-state index in [1.165, 1.54) is 0 Å². The fourth-order valence-corrected chi connectivity index (χ4v) is 3.06. The van der Waals surface area contributed by atoms with Crippen LogP contribution in [0.5, 0.6) is 0 Å². The second-order valence-electron chi connectivity index (χ2n) is 5.41. The average molecular weight is 448 g/mol. The van der Waals surface area contributed by atoms with Crippen LogP contribution in [0.25, 0.3) is 0 Å². The number of aliphatic hydroxyl groups excluding tert-OH is 1. The van der Waals surface area contributed by atoms with E-state index in [9.17, 15) is 22.8 Å². The van der Waals surface area contributed by atoms with Crippen molar-refractivity contribution in [3.05, 3.63) is 39.0 Å². The second kappa shape index (κ2) is 7.98. The molecule has 0 fully saturated rings. The number of methoxy groups -OCH3 is 1. The van der Waals surface area contributed by atoms with E-state index in [1.807, 2.05) is 0 Å². The Morgan fingerprint density at radius 1 is 1.48 bits per heavy atom. The summed E-state index contributed by atoms with van der Waals surface area (Å²) in [7, 11) is 1.07. The molecule has 11 heteroatoms. The molecule has 1 aliphatic rings. The minimum Gasteiger partial charge on any atom is -0.466 e. The van der Waals surface area contributed by atoms with E-state index in [1.54, 1.807) is 6.07 Å². The van der Waals surface area contributed by atoms with E-state index >= 15 is 0 Å². The Balaban J connectivity index is 2.58. The van der Waals surface area contributed by atoms with Crippen molar-refractivity contribution in [1.82, 2.24) is 4.90 Å². The van der Waals surface area contributed by atoms with Crippen molar-refractivity contribution in [3.63, 3.8) is 0 Å². The van der Waals surface area contributed by atoms with Crippen LogP contribution in [-0.4, -0.2) is 48.7 Å². The predicted molar refractivity (Wildman–Crippen MR) is 90.2 cm³/mol. The maximum Gasteiger partial charge on any atom is 0.418 e. The van der Waals surface area contributed by atoms with Gasteiger partial charge < -0.3 is 20.1 Å². The smallest absolute Gasteiger partial charge is 0.418 e. The Labute approximate surface area is 160 Å². The van der Waals surface area contributed by atoms with Crippen molar-refractivity contribution in [1.29, 1.82) is 5.26 Å². The van der Waals surface area contributed by atoms with E-state index in [0.717, 1.165) is 18.1 Å². The molecule has 0 saturated heterocycles. The molecule has 1 amide bonds. The molecule has 0 spiro atoms. The molecule has 144 valence electrons. The first-order valence-corrected chi connectivity index (χ1v) is 8.22. The number of alkyl halides is 3. The van der Waals surface area contributed by atoms with Gasteiger partial charge in [-0.15, -0.1) is 0 Å². The van der Waals surface area contributed by atoms with Crippen molar-refractivity contribution in [2.75, 3.05) is 32.1 Å². The molecule has 1 heterocycles. The Bertz CT molecular complexity index is 862. The first-order chi connectivity index (χ1) is 12.6. The number of esters is 1. The number of carbonyl (C=O) groups is 2. The second-order valence-corrected chi connectivity index (χ2v) is 6.26. The van der Waals surface area contributed by atoms with Crippen LogP contribution in [-0.2, 0) is 20.5 Å². The Kier molecular flexibility index (Phi) is 6.12. The van der Waals surface area contributed by atoms with Crippen LogP contribution >= 0.6 is 15.9 Å². The van der Waals surface area contributed by atoms with Gasteiger partial charge in [0.25, 0.3) is 5.91 Å². The third-order valence-electron chi connectivity index (χ3n) is 3.73. The van der Waals surface area contributed by atoms with Gasteiger partial charge in [0.1, 0.15) is 5.70 Å². The highest BCUT2D eigenvalue weighted by molar-refractivity contribution is 9.10. The molecule has 2 N–H and O–H groups in total. The highest BCUT2D eigenvalue weighted by Crippen LogP contribution is 2.41. The van der Waals surface area contributed by atoms with E-state index in [0.29, 0.717) is 6.07 Å². The van der Waals surface area contributed by atoms with Gasteiger partial charge in [0, 0.05) is 11.0 Å². The number of hydrogen-bond acceptors (Lipinski definition) is 6. The summed E-state index contributed by atoms with van der Waals surface area (Å²) in [5.41, 5.74) is -2.48. The number of aliphatic hydroxyl groups is 1. The molecule has 0 saturated carbocycles. The lowest BCUT2D eigenvalue weighted by Crippen LogP contribution is -2.31. The summed E-state index contributed by atoms with van der Waals surface area (Å²) >= 11 is 2.96. The summed E-state index contributed by atoms with van der Waals surface area (Å²) in [6.07, 6.45) is -4.82. The van der Waals surface area contributed by atoms with Crippen LogP contribution in [0.15, 0.2) is 27.9 Å². The molecule has 1 aromatic carbocycles. The summed E-state index contributed by atoms with van der Waals surface area (Å²) in [6.45, 7) is -0.712. The molecule has 0 atom stereocenters. The first-order valence-electron chi connectivity index (χ1n) is 7.43. The van der Waals surface area contributed by atoms with E-state index in [4.69, 9.17) is 10.4 Å². The van der Waals surface area contributed by atoms with Gasteiger partial charge in [-0.1, -0.05) is 0 Å². The molecule has 2 rings (SSSR count). The monoisotopic (exact) mass is 447 g/mol. The summed E-state index contributed by atoms with van der Waals surface area (Å²) in [6, 6.07) is 3.41. The zero-order chi connectivity index (χ0) is 20.4. The Hall–Kier alpha value is -2.58. The lowest BCUT2D eigenvalue weighted by atomic mass is 10.1. The number of ether oxygens (including phenoxy) is 1. The van der Waals surface area contributed by atoms with Gasteiger partial charge in [0.2, 0.25) is 0 Å². The van der Waals surface area contributed by atoms with Crippen molar-refractivity contribution in [2.24, 2.45) is 0 Å². The third-order valence-corrected chi connectivity index (χ3v) is 4.35. The van der Waals surface area contributed by atoms with Crippen LogP contribution in [0.4, 0.5) is 18.9 Å². The summed E-state index contributed by atoms with van der Waals surface area (Å²) in [5.74, 6) is -1.64. The molecule has 0 aromatic heterocycles. The zero-order valence-electron chi connectivity index (χ0n) is 13.9. The highest BCUT2D eigenvalue weighted by atomic mass is 79.9. The molecule has 0 aliphatic carbocycles. The maximum absolute atomic E-state index is 13.4. The van der Waals surface area contributed by atoms with Gasteiger partial charge >= 0.3 is 12.1 Å². The number of amides is 1. The van der Waals surface area contributed by atoms with Crippen molar-refractivity contribution in [3.8, 4) is 6.07 Å². The molecular weight excluding hydrogens is 435 g/mol. The van der Waals surface area contributed by atoms with Crippen molar-refractivity contribution >= 4 is 33.5 Å². The number of nitrogens with zero attached hydrogens (tertiary/aromatic N) is 2. The first kappa shape index (κ1) is 20.7. The van der Waals surface area contributed by atoms with Gasteiger partial charge in [0.15, 0.2) is 0 Å². The number of nitrogens with one attached hydrogen (secondary N) is 1. The number of benzene rings is 1. The van der Waals surface area contributed by atoms with Crippen molar-refractivity contribution < 1.29 is 32.6 Å². The Morgan fingerprint density at radius 3 is 2.67 bits per heavy atom. The zero-order valence-corrected chi connectivity index (χ0v) is 15.4. The summed E-state index contributed by atoms with van der Waals surface area (Å²) in [4.78, 5) is 25.5. The molecule has 0 radical (unpaired) electrons. The molecule has 1 aliphatic heterocycles. The van der Waals surface area contributed by atoms with Gasteiger partial charge in [-0.3, -0.25) is 4.79 Å². The normalized spacial score (nSPS) is 14.4. The highest BCUT2D eigenvalue weighted by Gasteiger charge is 2.39. The lowest BCUT2D eigenvalue weighted by molar-refractivity contribution is -0.137. The van der Waals surface area contributed by atoms with Gasteiger partial charge in [-0.2, -0.15) is 18.4 Å². The molecule has 1 aromatic rings. The van der Waals surface area contributed by atoms with Crippen LogP contribution in [0.3, 0.4) is 0 Å². The van der Waals surface area contributed by atoms with Crippen molar-refractivity contribution in [2.45, 2.75) is 6.18 Å². The molecule has 0 bridgehead atoms. The van der Waals surface area contributed by atoms with Crippen LogP contribution in [0.2, 0.25) is 0 Å². The fourth-order valence-electron chi connectivity index (χ4n) is 2.50. The largest absolute Gasteiger partial charge is 0.466 e. The summed E-state index contributed by atoms with van der Waals surface area (Å²) in [5, 5.41) is 20.3. The topological polar surface area (TPSA) is 103 Å². The van der Waals surface area contributed by atoms with E-state index in [2.05, 4.69) is 26.0 Å². The quantitative estimate of drug-likeness (QED) is 0.669.